The Morgan fingerprint density at radius 3 is 2.33 bits per heavy atom. The molecule has 0 aliphatic heterocycles. The highest BCUT2D eigenvalue weighted by atomic mass is 14.8. The lowest BCUT2D eigenvalue weighted by Crippen LogP contribution is -1.91. The minimum Gasteiger partial charge on any atom is -0.399 e. The Morgan fingerprint density at radius 2 is 2.00 bits per heavy atom. The van der Waals surface area contributed by atoms with Crippen molar-refractivity contribution in [2.45, 2.75) is 0 Å². The molecule has 0 bridgehead atoms. The van der Waals surface area contributed by atoms with E-state index in [4.69, 9.17) is 11.5 Å². The van der Waals surface area contributed by atoms with E-state index in [1.165, 1.54) is 0 Å². The Labute approximate surface area is 53.5 Å². The van der Waals surface area contributed by atoms with E-state index in [0.717, 1.165) is 0 Å². The van der Waals surface area contributed by atoms with Crippen LogP contribution in [0.2, 0.25) is 0 Å². The maximum Gasteiger partial charge on any atom is 0.125 e. The lowest BCUT2D eigenvalue weighted by atomic mass is 10.4. The number of anilines is 2. The highest BCUT2D eigenvalue weighted by molar-refractivity contribution is 5.45. The predicted octanol–water partition coefficient (Wildman–Crippen LogP) is -0.235. The normalized spacial score (nSPS) is 8.00. The molecule has 3 radical (unpaired) electrons. The average Bonchev–Trinajstić information content (AvgIpc) is 1.64. The van der Waals surface area contributed by atoms with Crippen molar-refractivity contribution in [3.8, 4) is 0 Å². The molecule has 0 aromatic carbocycles. The molecular formula is C5H7N4. The minimum atomic E-state index is 0. The Hall–Kier alpha value is -1.29. The van der Waals surface area contributed by atoms with Crippen LogP contribution in [0.25, 0.3) is 0 Å². The van der Waals surface area contributed by atoms with E-state index >= 15 is 0 Å². The third-order valence-electron chi connectivity index (χ3n) is 0.805. The van der Waals surface area contributed by atoms with Gasteiger partial charge in [0.2, 0.25) is 0 Å². The maximum atomic E-state index is 5.34. The van der Waals surface area contributed by atoms with Crippen molar-refractivity contribution < 1.29 is 0 Å². The summed E-state index contributed by atoms with van der Waals surface area (Å²) >= 11 is 0. The summed E-state index contributed by atoms with van der Waals surface area (Å²) in [6, 6.07) is 3.30. The van der Waals surface area contributed by atoms with Crippen LogP contribution < -0.4 is 17.6 Å². The average molecular weight is 123 g/mol. The zero-order valence-corrected chi connectivity index (χ0v) is 4.78. The summed E-state index contributed by atoms with van der Waals surface area (Å²) in [5.74, 6) is 0.463. The molecule has 0 unspecified atom stereocenters. The molecule has 0 spiro atoms. The third kappa shape index (κ3) is 1.96. The van der Waals surface area contributed by atoms with Crippen LogP contribution in [0.3, 0.4) is 0 Å². The molecule has 0 amide bonds. The number of nitrogen functional groups attached to an aromatic ring is 2. The number of pyridine rings is 1. The van der Waals surface area contributed by atoms with Crippen molar-refractivity contribution in [2.75, 3.05) is 11.5 Å². The highest BCUT2D eigenvalue weighted by Crippen LogP contribution is 2.01. The maximum absolute atomic E-state index is 5.34. The van der Waals surface area contributed by atoms with E-state index in [1.54, 1.807) is 18.3 Å². The quantitative estimate of drug-likeness (QED) is 0.498. The molecule has 47 valence electrons. The van der Waals surface area contributed by atoms with Crippen LogP contribution in [-0.4, -0.2) is 4.98 Å². The summed E-state index contributed by atoms with van der Waals surface area (Å²) < 4.78 is 0. The third-order valence-corrected chi connectivity index (χ3v) is 0.805. The van der Waals surface area contributed by atoms with Crippen molar-refractivity contribution in [3.63, 3.8) is 0 Å². The highest BCUT2D eigenvalue weighted by Gasteiger charge is 1.83. The molecule has 1 aromatic rings. The van der Waals surface area contributed by atoms with Crippen molar-refractivity contribution in [3.05, 3.63) is 18.3 Å². The number of nitrogens with zero attached hydrogens (tertiary/aromatic N) is 2. The molecule has 9 heavy (non-hydrogen) atoms. The van der Waals surface area contributed by atoms with Crippen LogP contribution in [-0.2, 0) is 0 Å². The van der Waals surface area contributed by atoms with Crippen molar-refractivity contribution in [1.82, 2.24) is 11.1 Å². The Balaban J connectivity index is 0.000000640. The van der Waals surface area contributed by atoms with Crippen LogP contribution in [0.15, 0.2) is 18.3 Å². The van der Waals surface area contributed by atoms with Gasteiger partial charge in [0.15, 0.2) is 0 Å². The van der Waals surface area contributed by atoms with Gasteiger partial charge in [0.1, 0.15) is 5.82 Å². The molecule has 0 saturated heterocycles. The predicted molar refractivity (Wildman–Crippen MR) is 35.2 cm³/mol. The molecule has 4 nitrogen and oxygen atoms in total. The standard InChI is InChI=1S/C5H7N3.N/c6-4-1-2-8-5(7)3-4;/h1-3H,(H4,6,7,8);. The molecule has 0 fully saturated rings. The molecule has 0 atom stereocenters. The van der Waals surface area contributed by atoms with E-state index < -0.39 is 0 Å². The van der Waals surface area contributed by atoms with Crippen molar-refractivity contribution in [1.29, 1.82) is 0 Å². The Morgan fingerprint density at radius 1 is 1.33 bits per heavy atom. The van der Waals surface area contributed by atoms with Crippen LogP contribution in [0.5, 0.6) is 0 Å². The number of nitrogens with two attached hydrogens (primary N) is 2. The van der Waals surface area contributed by atoms with Gasteiger partial charge in [0.05, 0.1) is 0 Å². The summed E-state index contributed by atoms with van der Waals surface area (Å²) in [7, 11) is 0. The second-order valence-electron chi connectivity index (χ2n) is 1.51. The molecule has 1 aromatic heterocycles. The van der Waals surface area contributed by atoms with Crippen LogP contribution in [0, 0.1) is 0 Å². The van der Waals surface area contributed by atoms with Crippen LogP contribution in [0.1, 0.15) is 0 Å². The van der Waals surface area contributed by atoms with E-state index in [1.807, 2.05) is 0 Å². The fourth-order valence-electron chi connectivity index (χ4n) is 0.466. The van der Waals surface area contributed by atoms with Gasteiger partial charge in [0, 0.05) is 24.1 Å². The van der Waals surface area contributed by atoms with Crippen LogP contribution >= 0.6 is 0 Å². The zero-order valence-electron chi connectivity index (χ0n) is 4.78. The Bertz CT molecular complexity index is 169. The van der Waals surface area contributed by atoms with Crippen molar-refractivity contribution >= 4 is 11.5 Å². The number of rotatable bonds is 0. The van der Waals surface area contributed by atoms with E-state index in [9.17, 15) is 0 Å². The zero-order chi connectivity index (χ0) is 5.98. The smallest absolute Gasteiger partial charge is 0.125 e. The van der Waals surface area contributed by atoms with Gasteiger partial charge in [-0.05, 0) is 6.07 Å². The van der Waals surface area contributed by atoms with E-state index in [0.29, 0.717) is 11.5 Å². The molecule has 0 aliphatic rings. The number of hydrogen-bond acceptors (Lipinski definition) is 3. The SMILES string of the molecule is Nc1ccnc(N)c1.[N]. The summed E-state index contributed by atoms with van der Waals surface area (Å²) in [5, 5.41) is 0. The fraction of sp³-hybridized carbons (Fsp3) is 0. The second-order valence-corrected chi connectivity index (χ2v) is 1.51. The van der Waals surface area contributed by atoms with Crippen molar-refractivity contribution in [2.24, 2.45) is 0 Å². The van der Waals surface area contributed by atoms with Gasteiger partial charge in [-0.3, -0.25) is 0 Å². The summed E-state index contributed by atoms with van der Waals surface area (Å²) in [6.07, 6.45) is 1.57. The first-order chi connectivity index (χ1) is 3.79. The summed E-state index contributed by atoms with van der Waals surface area (Å²) in [4.78, 5) is 3.74. The molecule has 1 heterocycles. The first-order valence-corrected chi connectivity index (χ1v) is 2.26. The molecule has 4 heteroatoms. The largest absolute Gasteiger partial charge is 0.399 e. The molecular weight excluding hydrogens is 116 g/mol. The minimum absolute atomic E-state index is 0. The molecule has 1 rings (SSSR count). The monoisotopic (exact) mass is 123 g/mol. The Kier molecular flexibility index (Phi) is 2.47. The van der Waals surface area contributed by atoms with Gasteiger partial charge in [0.25, 0.3) is 0 Å². The first-order valence-electron chi connectivity index (χ1n) is 2.26. The van der Waals surface area contributed by atoms with Gasteiger partial charge >= 0.3 is 0 Å². The summed E-state index contributed by atoms with van der Waals surface area (Å²) in [5.41, 5.74) is 11.3. The fourth-order valence-corrected chi connectivity index (χ4v) is 0.466. The molecule has 0 saturated carbocycles. The number of hydrogen-bond donors (Lipinski definition) is 2. The lowest BCUT2D eigenvalue weighted by Gasteiger charge is -1.90. The lowest BCUT2D eigenvalue weighted by molar-refractivity contribution is 1.34. The topological polar surface area (TPSA) is 95.4 Å². The van der Waals surface area contributed by atoms with E-state index in [2.05, 4.69) is 4.98 Å². The van der Waals surface area contributed by atoms with Gasteiger partial charge < -0.3 is 11.5 Å². The summed E-state index contributed by atoms with van der Waals surface area (Å²) in [6.45, 7) is 0. The molecule has 0 aliphatic carbocycles. The second kappa shape index (κ2) is 2.88. The van der Waals surface area contributed by atoms with Gasteiger partial charge in [-0.25, -0.2) is 4.98 Å². The van der Waals surface area contributed by atoms with E-state index in [-0.39, 0.29) is 6.15 Å². The van der Waals surface area contributed by atoms with Gasteiger partial charge in [-0.1, -0.05) is 0 Å². The molecule has 4 N–H and O–H groups in total. The van der Waals surface area contributed by atoms with Crippen LogP contribution in [0.4, 0.5) is 11.5 Å². The van der Waals surface area contributed by atoms with Gasteiger partial charge in [-0.15, -0.1) is 0 Å². The number of aromatic nitrogens is 1. The van der Waals surface area contributed by atoms with Gasteiger partial charge in [-0.2, -0.15) is 0 Å². The first kappa shape index (κ1) is 7.71.